The third-order valence-corrected chi connectivity index (χ3v) is 3.86. The van der Waals surface area contributed by atoms with Gasteiger partial charge in [0.15, 0.2) is 0 Å². The van der Waals surface area contributed by atoms with Crippen molar-refractivity contribution in [1.82, 2.24) is 0 Å². The van der Waals surface area contributed by atoms with Gasteiger partial charge in [-0.1, -0.05) is 6.07 Å². The average molecular weight is 330 g/mol. The van der Waals surface area contributed by atoms with E-state index >= 15 is 0 Å². The molecule has 0 aromatic heterocycles. The van der Waals surface area contributed by atoms with E-state index in [-0.39, 0.29) is 5.75 Å². The van der Waals surface area contributed by atoms with Gasteiger partial charge in [0.25, 0.3) is 10.1 Å². The second-order valence-corrected chi connectivity index (χ2v) is 6.53. The molecule has 2 rings (SSSR count). The highest BCUT2D eigenvalue weighted by atomic mass is 35.5. The summed E-state index contributed by atoms with van der Waals surface area (Å²) < 4.78 is 31.2. The molecule has 2 aromatic carbocycles. The van der Waals surface area contributed by atoms with Gasteiger partial charge >= 0.3 is 0 Å². The second-order valence-electron chi connectivity index (χ2n) is 4.46. The van der Waals surface area contributed by atoms with Crippen molar-refractivity contribution in [3.63, 3.8) is 0 Å². The van der Waals surface area contributed by atoms with Crippen LogP contribution < -0.4 is 5.32 Å². The minimum Gasteiger partial charge on any atom is -0.507 e. The topological polar surface area (TPSA) is 104 Å². The van der Waals surface area contributed by atoms with Gasteiger partial charge in [-0.05, 0) is 30.5 Å². The molecule has 2 aromatic rings. The molecule has 0 spiro atoms. The summed E-state index contributed by atoms with van der Waals surface area (Å²) in [6.45, 7) is 1.52. The molecular formula is C13H12ClNO5S. The standard InChI is InChI=1S/C13H12ClNO5S/c1-7(14)13(17)15-9-3-2-8-4-10(21(18,19)20)6-12(16)11(8)5-9/h2-7,16H,1H3,(H,15,17)(H,18,19,20). The summed E-state index contributed by atoms with van der Waals surface area (Å²) >= 11 is 5.64. The first-order chi connectivity index (χ1) is 9.68. The van der Waals surface area contributed by atoms with Crippen LogP contribution in [0.25, 0.3) is 10.8 Å². The van der Waals surface area contributed by atoms with Crippen LogP contribution in [-0.2, 0) is 14.9 Å². The Labute approximate surface area is 126 Å². The number of phenols is 1. The summed E-state index contributed by atoms with van der Waals surface area (Å²) in [6.07, 6.45) is 0. The van der Waals surface area contributed by atoms with Gasteiger partial charge in [0.05, 0.1) is 4.90 Å². The van der Waals surface area contributed by atoms with Crippen LogP contribution in [0.1, 0.15) is 6.92 Å². The normalized spacial score (nSPS) is 13.1. The monoisotopic (exact) mass is 329 g/mol. The average Bonchev–Trinajstić information content (AvgIpc) is 2.38. The maximum atomic E-state index is 11.5. The molecule has 0 saturated carbocycles. The lowest BCUT2D eigenvalue weighted by atomic mass is 10.1. The molecule has 0 heterocycles. The van der Waals surface area contributed by atoms with Crippen LogP contribution in [0.2, 0.25) is 0 Å². The van der Waals surface area contributed by atoms with Crippen molar-refractivity contribution < 1.29 is 22.9 Å². The number of carbonyl (C=O) groups is 1. The Morgan fingerprint density at radius 1 is 1.29 bits per heavy atom. The zero-order chi connectivity index (χ0) is 15.8. The van der Waals surface area contributed by atoms with E-state index in [9.17, 15) is 18.3 Å². The van der Waals surface area contributed by atoms with Gasteiger partial charge in [0.1, 0.15) is 11.1 Å². The Morgan fingerprint density at radius 3 is 2.52 bits per heavy atom. The lowest BCUT2D eigenvalue weighted by molar-refractivity contribution is -0.115. The van der Waals surface area contributed by atoms with Crippen molar-refractivity contribution in [3.05, 3.63) is 30.3 Å². The number of fused-ring (bicyclic) bond motifs is 1. The molecule has 0 aliphatic carbocycles. The van der Waals surface area contributed by atoms with Crippen LogP contribution in [0.3, 0.4) is 0 Å². The second kappa shape index (κ2) is 5.51. The highest BCUT2D eigenvalue weighted by Gasteiger charge is 2.14. The zero-order valence-electron chi connectivity index (χ0n) is 10.9. The molecule has 1 unspecified atom stereocenters. The first kappa shape index (κ1) is 15.6. The van der Waals surface area contributed by atoms with Crippen LogP contribution >= 0.6 is 11.6 Å². The fourth-order valence-electron chi connectivity index (χ4n) is 1.78. The molecule has 6 nitrogen and oxygen atoms in total. The molecule has 8 heteroatoms. The number of aromatic hydroxyl groups is 1. The lowest BCUT2D eigenvalue weighted by Gasteiger charge is -2.09. The van der Waals surface area contributed by atoms with Crippen LogP contribution in [0.4, 0.5) is 5.69 Å². The number of alkyl halides is 1. The van der Waals surface area contributed by atoms with Gasteiger partial charge in [-0.15, -0.1) is 11.6 Å². The highest BCUT2D eigenvalue weighted by molar-refractivity contribution is 7.85. The number of anilines is 1. The highest BCUT2D eigenvalue weighted by Crippen LogP contribution is 2.30. The SMILES string of the molecule is CC(Cl)C(=O)Nc1ccc2cc(S(=O)(=O)O)cc(O)c2c1. The van der Waals surface area contributed by atoms with Crippen molar-refractivity contribution in [2.24, 2.45) is 0 Å². The molecule has 0 saturated heterocycles. The lowest BCUT2D eigenvalue weighted by Crippen LogP contribution is -2.20. The molecule has 3 N–H and O–H groups in total. The minimum atomic E-state index is -4.40. The molecule has 0 bridgehead atoms. The number of amides is 1. The molecule has 1 amide bonds. The molecule has 21 heavy (non-hydrogen) atoms. The molecule has 0 aliphatic rings. The van der Waals surface area contributed by atoms with E-state index in [4.69, 9.17) is 16.2 Å². The van der Waals surface area contributed by atoms with Gasteiger partial charge in [0.2, 0.25) is 5.91 Å². The maximum Gasteiger partial charge on any atom is 0.294 e. The Balaban J connectivity index is 2.50. The van der Waals surface area contributed by atoms with Gasteiger partial charge < -0.3 is 10.4 Å². The molecule has 0 aliphatic heterocycles. The zero-order valence-corrected chi connectivity index (χ0v) is 12.4. The first-order valence-corrected chi connectivity index (χ1v) is 7.75. The number of carbonyl (C=O) groups excluding carboxylic acids is 1. The van der Waals surface area contributed by atoms with Crippen LogP contribution in [0.15, 0.2) is 35.2 Å². The summed E-state index contributed by atoms with van der Waals surface area (Å²) in [5.41, 5.74) is 0.412. The third-order valence-electron chi connectivity index (χ3n) is 2.83. The van der Waals surface area contributed by atoms with Gasteiger partial charge in [-0.25, -0.2) is 0 Å². The predicted molar refractivity (Wildman–Crippen MR) is 79.4 cm³/mol. The van der Waals surface area contributed by atoms with E-state index in [0.717, 1.165) is 6.07 Å². The van der Waals surface area contributed by atoms with E-state index in [0.29, 0.717) is 16.5 Å². The summed E-state index contributed by atoms with van der Waals surface area (Å²) in [5.74, 6) is -0.722. The maximum absolute atomic E-state index is 11.5. The Hall–Kier alpha value is -1.83. The first-order valence-electron chi connectivity index (χ1n) is 5.87. The van der Waals surface area contributed by atoms with Gasteiger partial charge in [0, 0.05) is 17.1 Å². The quantitative estimate of drug-likeness (QED) is 0.592. The van der Waals surface area contributed by atoms with E-state index in [1.807, 2.05) is 0 Å². The summed E-state index contributed by atoms with van der Waals surface area (Å²) in [5, 5.41) is 12.5. The van der Waals surface area contributed by atoms with Crippen LogP contribution in [-0.4, -0.2) is 29.4 Å². The number of nitrogens with one attached hydrogen (secondary N) is 1. The molecular weight excluding hydrogens is 318 g/mol. The van der Waals surface area contributed by atoms with Gasteiger partial charge in [-0.2, -0.15) is 8.42 Å². The smallest absolute Gasteiger partial charge is 0.294 e. The minimum absolute atomic E-state index is 0.324. The largest absolute Gasteiger partial charge is 0.507 e. The Kier molecular flexibility index (Phi) is 4.08. The van der Waals surface area contributed by atoms with Crippen molar-refractivity contribution in [2.75, 3.05) is 5.32 Å². The Morgan fingerprint density at radius 2 is 1.95 bits per heavy atom. The Bertz CT molecular complexity index is 817. The number of benzene rings is 2. The number of hydrogen-bond donors (Lipinski definition) is 3. The van der Waals surface area contributed by atoms with Crippen molar-refractivity contribution in [2.45, 2.75) is 17.2 Å². The summed E-state index contributed by atoms with van der Waals surface area (Å²) in [6, 6.07) is 6.69. The van der Waals surface area contributed by atoms with Crippen molar-refractivity contribution in [1.29, 1.82) is 0 Å². The van der Waals surface area contributed by atoms with Crippen molar-refractivity contribution in [3.8, 4) is 5.75 Å². The number of rotatable bonds is 3. The summed E-state index contributed by atoms with van der Waals surface area (Å²) in [4.78, 5) is 11.1. The van der Waals surface area contributed by atoms with E-state index in [2.05, 4.69) is 5.32 Å². The molecule has 1 atom stereocenters. The van der Waals surface area contributed by atoms with Crippen LogP contribution in [0.5, 0.6) is 5.75 Å². The molecule has 0 radical (unpaired) electrons. The fraction of sp³-hybridized carbons (Fsp3) is 0.154. The molecule has 0 fully saturated rings. The molecule has 112 valence electrons. The predicted octanol–water partition coefficient (Wildman–Crippen LogP) is 2.36. The van der Waals surface area contributed by atoms with E-state index in [1.54, 1.807) is 0 Å². The third kappa shape index (κ3) is 3.44. The van der Waals surface area contributed by atoms with Crippen molar-refractivity contribution >= 4 is 44.1 Å². The number of phenolic OH excluding ortho intramolecular Hbond substituents is 1. The summed E-state index contributed by atoms with van der Waals surface area (Å²) in [7, 11) is -4.40. The number of hydrogen-bond acceptors (Lipinski definition) is 4. The van der Waals surface area contributed by atoms with E-state index in [1.165, 1.54) is 31.2 Å². The van der Waals surface area contributed by atoms with Crippen LogP contribution in [0, 0.1) is 0 Å². The van der Waals surface area contributed by atoms with Gasteiger partial charge in [-0.3, -0.25) is 9.35 Å². The number of halogens is 1. The fourth-order valence-corrected chi connectivity index (χ4v) is 2.37. The van der Waals surface area contributed by atoms with E-state index < -0.39 is 26.3 Å².